The van der Waals surface area contributed by atoms with Crippen molar-refractivity contribution in [2.45, 2.75) is 55.0 Å². The number of para-hydroxylation sites is 1. The molecule has 0 N–H and O–H groups in total. The van der Waals surface area contributed by atoms with Gasteiger partial charge in [0.25, 0.3) is 0 Å². The minimum atomic E-state index is 1.00. The van der Waals surface area contributed by atoms with Crippen LogP contribution in [0.1, 0.15) is 48.5 Å². The Morgan fingerprint density at radius 2 is 1.16 bits per heavy atom. The third-order valence-electron chi connectivity index (χ3n) is 3.98. The Morgan fingerprint density at radius 1 is 0.600 bits per heavy atom. The summed E-state index contributed by atoms with van der Waals surface area (Å²) in [6, 6.07) is 21.8. The Morgan fingerprint density at radius 3 is 1.80 bits per heavy atom. The van der Waals surface area contributed by atoms with Gasteiger partial charge in [-0.3, -0.25) is 0 Å². The van der Waals surface area contributed by atoms with Crippen LogP contribution in [-0.2, 0) is 6.54 Å². The third-order valence-corrected chi connectivity index (χ3v) is 3.98. The van der Waals surface area contributed by atoms with E-state index in [0.717, 1.165) is 6.54 Å². The smallest absolute Gasteiger partial charge is 0.0497 e. The van der Waals surface area contributed by atoms with Gasteiger partial charge in [0.1, 0.15) is 0 Å². The minimum absolute atomic E-state index is 1.00. The van der Waals surface area contributed by atoms with Crippen molar-refractivity contribution in [3.8, 4) is 0 Å². The van der Waals surface area contributed by atoms with Crippen molar-refractivity contribution < 1.29 is 0 Å². The van der Waals surface area contributed by atoms with Gasteiger partial charge in [-0.05, 0) is 29.8 Å². The number of hydrogen-bond donors (Lipinski definition) is 0. The standard InChI is InChI=1S/C18H15N.3C2H6/c1-2-19-16-10-6-5-9-15(16)18-14-8-4-3-7-13(14)11-12-17(18)19;3*1-2/h3-12H,2H2,1H3;3*1-2H3. The second kappa shape index (κ2) is 10.6. The number of aromatic nitrogens is 1. The van der Waals surface area contributed by atoms with Crippen LogP contribution in [0.2, 0.25) is 0 Å². The maximum Gasteiger partial charge on any atom is 0.0497 e. The first-order chi connectivity index (χ1) is 12.4. The van der Waals surface area contributed by atoms with Crippen LogP contribution < -0.4 is 0 Å². The second-order valence-corrected chi connectivity index (χ2v) is 4.94. The van der Waals surface area contributed by atoms with E-state index in [0.29, 0.717) is 0 Å². The molecular formula is C24H33N. The van der Waals surface area contributed by atoms with Crippen molar-refractivity contribution in [3.05, 3.63) is 60.7 Å². The molecular weight excluding hydrogens is 302 g/mol. The highest BCUT2D eigenvalue weighted by Gasteiger charge is 2.11. The monoisotopic (exact) mass is 335 g/mol. The number of fused-ring (bicyclic) bond motifs is 5. The molecule has 25 heavy (non-hydrogen) atoms. The Hall–Kier alpha value is -2.28. The van der Waals surface area contributed by atoms with Gasteiger partial charge in [0.05, 0.1) is 0 Å². The summed E-state index contributed by atoms with van der Waals surface area (Å²) in [7, 11) is 0. The molecule has 134 valence electrons. The van der Waals surface area contributed by atoms with E-state index in [2.05, 4.69) is 72.2 Å². The van der Waals surface area contributed by atoms with Crippen LogP contribution in [0.5, 0.6) is 0 Å². The Bertz CT molecular complexity index is 900. The molecule has 4 aromatic rings. The van der Waals surface area contributed by atoms with Crippen LogP contribution in [-0.4, -0.2) is 4.57 Å². The summed E-state index contributed by atoms with van der Waals surface area (Å²) in [5, 5.41) is 5.41. The zero-order chi connectivity index (χ0) is 18.8. The van der Waals surface area contributed by atoms with Crippen LogP contribution in [0.25, 0.3) is 32.6 Å². The molecule has 0 amide bonds. The lowest BCUT2D eigenvalue weighted by atomic mass is 10.0. The maximum absolute atomic E-state index is 2.40. The highest BCUT2D eigenvalue weighted by Crippen LogP contribution is 2.34. The molecule has 1 nitrogen and oxygen atoms in total. The van der Waals surface area contributed by atoms with Crippen molar-refractivity contribution in [3.63, 3.8) is 0 Å². The predicted molar refractivity (Wildman–Crippen MR) is 117 cm³/mol. The average molecular weight is 336 g/mol. The van der Waals surface area contributed by atoms with E-state index in [1.54, 1.807) is 0 Å². The lowest BCUT2D eigenvalue weighted by molar-refractivity contribution is 0.827. The molecule has 0 saturated carbocycles. The van der Waals surface area contributed by atoms with E-state index in [1.807, 2.05) is 41.5 Å². The topological polar surface area (TPSA) is 4.93 Å². The quantitative estimate of drug-likeness (QED) is 0.331. The molecule has 0 fully saturated rings. The summed E-state index contributed by atoms with van der Waals surface area (Å²) in [6.07, 6.45) is 0. The first-order valence-corrected chi connectivity index (χ1v) is 9.79. The van der Waals surface area contributed by atoms with Crippen LogP contribution in [0.15, 0.2) is 60.7 Å². The molecule has 1 heterocycles. The van der Waals surface area contributed by atoms with E-state index in [9.17, 15) is 0 Å². The lowest BCUT2D eigenvalue weighted by Gasteiger charge is -2.03. The highest BCUT2D eigenvalue weighted by atomic mass is 15.0. The maximum atomic E-state index is 2.40. The molecule has 3 aromatic carbocycles. The van der Waals surface area contributed by atoms with Crippen LogP contribution in [0.3, 0.4) is 0 Å². The van der Waals surface area contributed by atoms with Gasteiger partial charge in [0.2, 0.25) is 0 Å². The fourth-order valence-electron chi connectivity index (χ4n) is 3.16. The van der Waals surface area contributed by atoms with Crippen LogP contribution in [0, 0.1) is 0 Å². The Kier molecular flexibility index (Phi) is 8.77. The summed E-state index contributed by atoms with van der Waals surface area (Å²) in [5.74, 6) is 0. The van der Waals surface area contributed by atoms with Gasteiger partial charge in [0, 0.05) is 28.4 Å². The van der Waals surface area contributed by atoms with Gasteiger partial charge in [-0.25, -0.2) is 0 Å². The first kappa shape index (κ1) is 20.8. The second-order valence-electron chi connectivity index (χ2n) is 4.94. The molecule has 0 aliphatic heterocycles. The van der Waals surface area contributed by atoms with E-state index in [-0.39, 0.29) is 0 Å². The number of benzene rings is 3. The predicted octanol–water partition coefficient (Wildman–Crippen LogP) is 8.05. The van der Waals surface area contributed by atoms with Crippen LogP contribution in [0.4, 0.5) is 0 Å². The highest BCUT2D eigenvalue weighted by molar-refractivity contribution is 6.20. The largest absolute Gasteiger partial charge is 0.341 e. The summed E-state index contributed by atoms with van der Waals surface area (Å²) in [4.78, 5) is 0. The summed E-state index contributed by atoms with van der Waals surface area (Å²) in [6.45, 7) is 15.2. The van der Waals surface area contributed by atoms with Crippen molar-refractivity contribution in [1.29, 1.82) is 0 Å². The molecule has 0 aliphatic rings. The molecule has 0 spiro atoms. The minimum Gasteiger partial charge on any atom is -0.341 e. The lowest BCUT2D eigenvalue weighted by Crippen LogP contribution is -1.92. The molecule has 0 unspecified atom stereocenters. The molecule has 1 heteroatoms. The van der Waals surface area contributed by atoms with Gasteiger partial charge in [0.15, 0.2) is 0 Å². The summed E-state index contributed by atoms with van der Waals surface area (Å²) < 4.78 is 2.40. The zero-order valence-electron chi connectivity index (χ0n) is 16.9. The summed E-state index contributed by atoms with van der Waals surface area (Å²) >= 11 is 0. The number of hydrogen-bond acceptors (Lipinski definition) is 0. The van der Waals surface area contributed by atoms with E-state index in [4.69, 9.17) is 0 Å². The van der Waals surface area contributed by atoms with Gasteiger partial charge < -0.3 is 4.57 Å². The molecule has 0 saturated heterocycles. The number of nitrogens with zero attached hydrogens (tertiary/aromatic N) is 1. The Labute approximate surface area is 153 Å². The Balaban J connectivity index is 0.000000475. The molecule has 1 aromatic heterocycles. The number of rotatable bonds is 1. The molecule has 0 bridgehead atoms. The van der Waals surface area contributed by atoms with Gasteiger partial charge in [-0.1, -0.05) is 90.1 Å². The normalized spacial score (nSPS) is 9.56. The van der Waals surface area contributed by atoms with Crippen molar-refractivity contribution >= 4 is 32.6 Å². The van der Waals surface area contributed by atoms with Crippen LogP contribution >= 0.6 is 0 Å². The first-order valence-electron chi connectivity index (χ1n) is 9.79. The van der Waals surface area contributed by atoms with E-state index >= 15 is 0 Å². The molecule has 0 aliphatic carbocycles. The van der Waals surface area contributed by atoms with Crippen molar-refractivity contribution in [1.82, 2.24) is 4.57 Å². The molecule has 0 atom stereocenters. The van der Waals surface area contributed by atoms with Gasteiger partial charge in [-0.15, -0.1) is 0 Å². The fraction of sp³-hybridized carbons (Fsp3) is 0.333. The fourth-order valence-corrected chi connectivity index (χ4v) is 3.16. The van der Waals surface area contributed by atoms with Crippen molar-refractivity contribution in [2.24, 2.45) is 0 Å². The third kappa shape index (κ3) is 3.87. The number of aryl methyl sites for hydroxylation is 1. The van der Waals surface area contributed by atoms with Crippen molar-refractivity contribution in [2.75, 3.05) is 0 Å². The average Bonchev–Trinajstić information content (AvgIpc) is 3.06. The van der Waals surface area contributed by atoms with Gasteiger partial charge in [-0.2, -0.15) is 0 Å². The van der Waals surface area contributed by atoms with Gasteiger partial charge >= 0.3 is 0 Å². The molecule has 4 rings (SSSR count). The van der Waals surface area contributed by atoms with E-state index in [1.165, 1.54) is 32.6 Å². The SMILES string of the molecule is CC.CC.CC.CCn1c2ccccc2c2c3ccccc3ccc21. The summed E-state index contributed by atoms with van der Waals surface area (Å²) in [5.41, 5.74) is 2.67. The van der Waals surface area contributed by atoms with E-state index < -0.39 is 0 Å². The molecule has 0 radical (unpaired) electrons. The zero-order valence-corrected chi connectivity index (χ0v) is 16.9.